The van der Waals surface area contributed by atoms with Crippen molar-refractivity contribution in [3.63, 3.8) is 0 Å². The molecular weight excluding hydrogens is 455 g/mol. The van der Waals surface area contributed by atoms with Crippen molar-refractivity contribution in [3.05, 3.63) is 41.9 Å². The zero-order valence-corrected chi connectivity index (χ0v) is 25.4. The molecule has 206 valence electrons. The summed E-state index contributed by atoms with van der Waals surface area (Å²) in [5, 5.41) is 6.83. The first-order chi connectivity index (χ1) is 16.7. The Hall–Kier alpha value is -1.53. The second-order valence-corrected chi connectivity index (χ2v) is 8.83. The fourth-order valence-electron chi connectivity index (χ4n) is 3.09. The van der Waals surface area contributed by atoms with E-state index in [0.29, 0.717) is 18.4 Å². The molecule has 1 rings (SSSR count). The molecule has 0 aliphatic rings. The number of allylic oxidation sites excluding steroid dienone is 3. The number of rotatable bonds is 13. The SMILES string of the molecule is CC.CC.CCCCCC(CCC)Nc1cc(N)ncc1CNC/C(F)=C\C=C/C(C)(C)C.CS. The van der Waals surface area contributed by atoms with Crippen molar-refractivity contribution in [2.75, 3.05) is 23.9 Å². The highest BCUT2D eigenvalue weighted by atomic mass is 32.1. The lowest BCUT2D eigenvalue weighted by Crippen LogP contribution is -2.22. The average Bonchev–Trinajstić information content (AvgIpc) is 2.84. The fourth-order valence-corrected chi connectivity index (χ4v) is 3.09. The molecule has 0 spiro atoms. The van der Waals surface area contributed by atoms with Crippen LogP contribution in [0.2, 0.25) is 0 Å². The van der Waals surface area contributed by atoms with Gasteiger partial charge in [0, 0.05) is 42.6 Å². The summed E-state index contributed by atoms with van der Waals surface area (Å²) in [5.41, 5.74) is 7.97. The van der Waals surface area contributed by atoms with Crippen LogP contribution >= 0.6 is 12.6 Å². The minimum absolute atomic E-state index is 0.0482. The van der Waals surface area contributed by atoms with E-state index in [4.69, 9.17) is 5.73 Å². The molecular formula is C29H57FN4S. The number of aromatic nitrogens is 1. The highest BCUT2D eigenvalue weighted by molar-refractivity contribution is 7.79. The van der Waals surface area contributed by atoms with Crippen LogP contribution in [-0.4, -0.2) is 23.8 Å². The molecule has 1 atom stereocenters. The number of nitrogens with zero attached hydrogens (tertiary/aromatic N) is 1. The molecule has 0 amide bonds. The zero-order valence-electron chi connectivity index (χ0n) is 24.5. The van der Waals surface area contributed by atoms with Crippen molar-refractivity contribution in [2.45, 2.75) is 113 Å². The highest BCUT2D eigenvalue weighted by Gasteiger charge is 2.11. The van der Waals surface area contributed by atoms with Crippen LogP contribution in [0.15, 0.2) is 36.3 Å². The first-order valence-corrected chi connectivity index (χ1v) is 14.3. The van der Waals surface area contributed by atoms with Gasteiger partial charge in [-0.1, -0.05) is 100 Å². The second kappa shape index (κ2) is 25.6. The van der Waals surface area contributed by atoms with Crippen LogP contribution < -0.4 is 16.4 Å². The summed E-state index contributed by atoms with van der Waals surface area (Å²) in [5.74, 6) is 0.310. The van der Waals surface area contributed by atoms with Gasteiger partial charge in [-0.05, 0) is 30.6 Å². The van der Waals surface area contributed by atoms with E-state index in [0.717, 1.165) is 30.5 Å². The van der Waals surface area contributed by atoms with E-state index in [9.17, 15) is 4.39 Å². The van der Waals surface area contributed by atoms with Gasteiger partial charge in [0.05, 0.1) is 0 Å². The second-order valence-electron chi connectivity index (χ2n) is 8.83. The molecule has 0 bridgehead atoms. The molecule has 0 aromatic carbocycles. The fraction of sp³-hybridized carbons (Fsp3) is 0.690. The first-order valence-electron chi connectivity index (χ1n) is 13.5. The molecule has 1 aromatic rings. The lowest BCUT2D eigenvalue weighted by Gasteiger charge is -2.22. The number of unbranched alkanes of at least 4 members (excludes halogenated alkanes) is 2. The number of nitrogen functional groups attached to an aromatic ring is 1. The Bertz CT molecular complexity index is 655. The third-order valence-corrected chi connectivity index (χ3v) is 4.64. The number of halogens is 1. The molecule has 0 aliphatic heterocycles. The quantitative estimate of drug-likeness (QED) is 0.121. The minimum atomic E-state index is -0.188. The Morgan fingerprint density at radius 2 is 1.71 bits per heavy atom. The van der Waals surface area contributed by atoms with Gasteiger partial charge in [-0.25, -0.2) is 9.37 Å². The monoisotopic (exact) mass is 512 g/mol. The summed E-state index contributed by atoms with van der Waals surface area (Å²) in [7, 11) is 0. The van der Waals surface area contributed by atoms with Crippen molar-refractivity contribution in [2.24, 2.45) is 5.41 Å². The van der Waals surface area contributed by atoms with Gasteiger partial charge in [-0.2, -0.15) is 12.6 Å². The van der Waals surface area contributed by atoms with Gasteiger partial charge in [0.1, 0.15) is 11.6 Å². The van der Waals surface area contributed by atoms with Crippen molar-refractivity contribution in [1.29, 1.82) is 0 Å². The van der Waals surface area contributed by atoms with Gasteiger partial charge in [-0.15, -0.1) is 0 Å². The summed E-state index contributed by atoms with van der Waals surface area (Å²) >= 11 is 3.53. The predicted octanol–water partition coefficient (Wildman–Crippen LogP) is 8.97. The molecule has 35 heavy (non-hydrogen) atoms. The maximum atomic E-state index is 14.0. The topological polar surface area (TPSA) is 63.0 Å². The molecule has 6 heteroatoms. The number of hydrogen-bond donors (Lipinski definition) is 4. The van der Waals surface area contributed by atoms with Crippen LogP contribution in [0.25, 0.3) is 0 Å². The van der Waals surface area contributed by atoms with E-state index in [2.05, 4.69) is 62.9 Å². The minimum Gasteiger partial charge on any atom is -0.384 e. The predicted molar refractivity (Wildman–Crippen MR) is 162 cm³/mol. The molecule has 0 saturated heterocycles. The molecule has 0 saturated carbocycles. The van der Waals surface area contributed by atoms with Crippen LogP contribution in [-0.2, 0) is 6.54 Å². The molecule has 1 unspecified atom stereocenters. The van der Waals surface area contributed by atoms with Gasteiger partial charge in [-0.3, -0.25) is 0 Å². The lowest BCUT2D eigenvalue weighted by molar-refractivity contribution is 0.542. The normalized spacial score (nSPS) is 11.9. The zero-order chi connectivity index (χ0) is 27.7. The number of nitrogens with two attached hydrogens (primary N) is 1. The number of hydrogen-bond acceptors (Lipinski definition) is 5. The Labute approximate surface area is 223 Å². The van der Waals surface area contributed by atoms with E-state index in [1.807, 2.05) is 39.8 Å². The third kappa shape index (κ3) is 22.7. The molecule has 4 nitrogen and oxygen atoms in total. The summed E-state index contributed by atoms with van der Waals surface area (Å²) in [6, 6.07) is 2.31. The Kier molecular flexibility index (Phi) is 27.8. The number of pyridine rings is 1. The van der Waals surface area contributed by atoms with Crippen LogP contribution in [0, 0.1) is 5.41 Å². The van der Waals surface area contributed by atoms with Gasteiger partial charge in [0.25, 0.3) is 0 Å². The van der Waals surface area contributed by atoms with E-state index < -0.39 is 0 Å². The van der Waals surface area contributed by atoms with E-state index in [-0.39, 0.29) is 17.8 Å². The third-order valence-electron chi connectivity index (χ3n) is 4.64. The van der Waals surface area contributed by atoms with Crippen molar-refractivity contribution in [1.82, 2.24) is 10.3 Å². The smallest absolute Gasteiger partial charge is 0.125 e. The first kappa shape index (κ1) is 38.0. The standard InChI is InChI=1S/C24H41FN4.2C2H6.CH4S/c1-6-8-9-13-21(11-7-2)29-22-15-23(26)28-17-19(22)16-27-18-20(25)12-10-14-24(3,4)5;3*1-2/h10,12,14-15,17,21,27H,6-9,11,13,16,18H2,1-5H3,(H3,26,28,29);2*1-2H3;2H,1H3/b14-10-,20-12+;;;. The van der Waals surface area contributed by atoms with E-state index in [1.54, 1.807) is 18.5 Å². The Morgan fingerprint density at radius 1 is 1.09 bits per heavy atom. The Balaban J connectivity index is -0.00000158. The van der Waals surface area contributed by atoms with E-state index >= 15 is 0 Å². The molecule has 1 aromatic heterocycles. The van der Waals surface area contributed by atoms with Crippen LogP contribution in [0.4, 0.5) is 15.9 Å². The number of anilines is 2. The van der Waals surface area contributed by atoms with Crippen molar-refractivity contribution >= 4 is 24.1 Å². The van der Waals surface area contributed by atoms with Gasteiger partial charge in [0.15, 0.2) is 0 Å². The van der Waals surface area contributed by atoms with Crippen LogP contribution in [0.1, 0.15) is 106 Å². The maximum Gasteiger partial charge on any atom is 0.125 e. The molecule has 0 aliphatic carbocycles. The van der Waals surface area contributed by atoms with Crippen LogP contribution in [0.5, 0.6) is 0 Å². The van der Waals surface area contributed by atoms with Crippen LogP contribution in [0.3, 0.4) is 0 Å². The van der Waals surface area contributed by atoms with E-state index in [1.165, 1.54) is 25.3 Å². The van der Waals surface area contributed by atoms with Gasteiger partial charge >= 0.3 is 0 Å². The summed E-state index contributed by atoms with van der Waals surface area (Å²) in [6.07, 6.45) is 15.9. The molecule has 0 radical (unpaired) electrons. The lowest BCUT2D eigenvalue weighted by atomic mass is 9.96. The number of nitrogens with one attached hydrogen (secondary N) is 2. The average molecular weight is 513 g/mol. The van der Waals surface area contributed by atoms with Gasteiger partial charge < -0.3 is 16.4 Å². The number of thiol groups is 1. The molecule has 1 heterocycles. The van der Waals surface area contributed by atoms with Crippen molar-refractivity contribution in [3.8, 4) is 0 Å². The Morgan fingerprint density at radius 3 is 2.26 bits per heavy atom. The summed E-state index contributed by atoms with van der Waals surface area (Å²) < 4.78 is 14.0. The van der Waals surface area contributed by atoms with Crippen molar-refractivity contribution < 1.29 is 4.39 Å². The largest absolute Gasteiger partial charge is 0.384 e. The van der Waals surface area contributed by atoms with Gasteiger partial charge in [0.2, 0.25) is 0 Å². The summed E-state index contributed by atoms with van der Waals surface area (Å²) in [4.78, 5) is 4.22. The summed E-state index contributed by atoms with van der Waals surface area (Å²) in [6.45, 7) is 19.4. The maximum absolute atomic E-state index is 14.0. The molecule has 0 fully saturated rings. The molecule has 4 N–H and O–H groups in total. The highest BCUT2D eigenvalue weighted by Crippen LogP contribution is 2.21.